The number of allylic oxidation sites excluding steroid dienone is 2. The van der Waals surface area contributed by atoms with Crippen molar-refractivity contribution in [3.63, 3.8) is 0 Å². The lowest BCUT2D eigenvalue weighted by atomic mass is 10.1. The van der Waals surface area contributed by atoms with Crippen LogP contribution in [-0.2, 0) is 8.92 Å². The summed E-state index contributed by atoms with van der Waals surface area (Å²) in [4.78, 5) is 10.6. The summed E-state index contributed by atoms with van der Waals surface area (Å²) in [5.74, 6) is 2.52. The van der Waals surface area contributed by atoms with Crippen LogP contribution in [0.15, 0.2) is 48.1 Å². The molecule has 0 atom stereocenters. The maximum Gasteiger partial charge on any atom is 0.222 e. The largest absolute Gasteiger partial charge is 0.477 e. The highest BCUT2D eigenvalue weighted by atomic mass is 35.5. The third kappa shape index (κ3) is 5.48. The van der Waals surface area contributed by atoms with Crippen LogP contribution in [0.2, 0.25) is 5.02 Å². The molecule has 1 aliphatic rings. The van der Waals surface area contributed by atoms with E-state index in [-0.39, 0.29) is 5.95 Å². The van der Waals surface area contributed by atoms with Crippen LogP contribution in [0.5, 0.6) is 0 Å². The average molecular weight is 434 g/mol. The first-order valence-corrected chi connectivity index (χ1v) is 10.6. The predicted octanol–water partition coefficient (Wildman–Crippen LogP) is 4.08. The van der Waals surface area contributed by atoms with Crippen molar-refractivity contribution in [2.45, 2.75) is 6.92 Å². The molecule has 2 heterocycles. The highest BCUT2D eigenvalue weighted by Crippen LogP contribution is 2.28. The van der Waals surface area contributed by atoms with Gasteiger partial charge in [-0.15, -0.1) is 0 Å². The molecule has 9 heteroatoms. The van der Waals surface area contributed by atoms with Crippen molar-refractivity contribution in [2.24, 2.45) is 0 Å². The number of benzene rings is 1. The molecule has 1 aromatic carbocycles. The Kier molecular flexibility index (Phi) is 7.11. The summed E-state index contributed by atoms with van der Waals surface area (Å²) in [7, 11) is 1.96. The van der Waals surface area contributed by atoms with Crippen molar-refractivity contribution in [3.8, 4) is 11.3 Å². The molecule has 154 valence electrons. The monoisotopic (exact) mass is 433 g/mol. The van der Waals surface area contributed by atoms with E-state index in [1.54, 1.807) is 0 Å². The third-order valence-corrected chi connectivity index (χ3v) is 5.11. The molecule has 1 aromatic heterocycles. The molecule has 0 amide bonds. The lowest BCUT2D eigenvalue weighted by molar-refractivity contribution is 0.132. The Labute approximate surface area is 180 Å². The van der Waals surface area contributed by atoms with E-state index in [1.165, 1.54) is 12.0 Å². The van der Waals surface area contributed by atoms with Crippen LogP contribution >= 0.6 is 23.6 Å². The van der Waals surface area contributed by atoms with Gasteiger partial charge in [-0.05, 0) is 24.6 Å². The molecule has 29 heavy (non-hydrogen) atoms. The number of nitrogen functional groups attached to an aromatic ring is 1. The molecule has 0 unspecified atom stereocenters. The Balaban J connectivity index is 1.60. The minimum Gasteiger partial charge on any atom is -0.477 e. The standard InChI is InChI=1S/C20H24ClN5O2S/c1-13-15(5-4-6-16(13)21)17-11-18(25-20(22)24-17)23-9-10-27-19-8-7-14(28-29-3)12-26(19)2/h4-8,11H,9-10,12H2,1-3H3,(H3,22,23,24,25). The van der Waals surface area contributed by atoms with E-state index in [4.69, 9.17) is 26.3 Å². The van der Waals surface area contributed by atoms with E-state index in [0.29, 0.717) is 30.5 Å². The lowest BCUT2D eigenvalue weighted by Crippen LogP contribution is -2.26. The molecule has 0 bridgehead atoms. The minimum absolute atomic E-state index is 0.200. The topological polar surface area (TPSA) is 85.5 Å². The Bertz CT molecular complexity index is 935. The summed E-state index contributed by atoms with van der Waals surface area (Å²) in [6.45, 7) is 3.66. The van der Waals surface area contributed by atoms with E-state index in [0.717, 1.165) is 28.5 Å². The Morgan fingerprint density at radius 2 is 2.14 bits per heavy atom. The highest BCUT2D eigenvalue weighted by Gasteiger charge is 2.14. The van der Waals surface area contributed by atoms with Gasteiger partial charge in [-0.2, -0.15) is 4.98 Å². The molecular formula is C20H24ClN5O2S. The number of likely N-dealkylation sites (N-methyl/N-ethyl adjacent to an activating group) is 1. The van der Waals surface area contributed by atoms with Gasteiger partial charge >= 0.3 is 0 Å². The van der Waals surface area contributed by atoms with E-state index in [9.17, 15) is 0 Å². The van der Waals surface area contributed by atoms with E-state index >= 15 is 0 Å². The third-order valence-electron chi connectivity index (χ3n) is 4.32. The Morgan fingerprint density at radius 3 is 2.90 bits per heavy atom. The number of aromatic nitrogens is 2. The minimum atomic E-state index is 0.200. The van der Waals surface area contributed by atoms with Crippen LogP contribution in [0.25, 0.3) is 11.3 Å². The second-order valence-electron chi connectivity index (χ2n) is 6.43. The van der Waals surface area contributed by atoms with E-state index < -0.39 is 0 Å². The number of nitrogens with zero attached hydrogens (tertiary/aromatic N) is 3. The second-order valence-corrected chi connectivity index (χ2v) is 7.34. The van der Waals surface area contributed by atoms with Gasteiger partial charge in [0.1, 0.15) is 18.2 Å². The number of anilines is 2. The van der Waals surface area contributed by atoms with Crippen molar-refractivity contribution < 1.29 is 8.92 Å². The first kappa shape index (κ1) is 21.1. The molecule has 0 aliphatic carbocycles. The molecule has 3 N–H and O–H groups in total. The molecule has 2 aromatic rings. The molecule has 1 aliphatic heterocycles. The zero-order chi connectivity index (χ0) is 20.8. The number of ether oxygens (including phenoxy) is 1. The zero-order valence-corrected chi connectivity index (χ0v) is 18.2. The maximum absolute atomic E-state index is 6.23. The average Bonchev–Trinajstić information content (AvgIpc) is 2.68. The molecule has 7 nitrogen and oxygen atoms in total. The van der Waals surface area contributed by atoms with Crippen molar-refractivity contribution in [1.29, 1.82) is 0 Å². The normalized spacial score (nSPS) is 13.6. The van der Waals surface area contributed by atoms with Crippen LogP contribution in [0, 0.1) is 6.92 Å². The highest BCUT2D eigenvalue weighted by molar-refractivity contribution is 7.94. The van der Waals surface area contributed by atoms with Crippen molar-refractivity contribution >= 4 is 35.4 Å². The Morgan fingerprint density at radius 1 is 1.31 bits per heavy atom. The van der Waals surface area contributed by atoms with Crippen LogP contribution in [0.1, 0.15) is 5.56 Å². The van der Waals surface area contributed by atoms with Gasteiger partial charge in [0.2, 0.25) is 5.95 Å². The van der Waals surface area contributed by atoms with Crippen LogP contribution in [0.4, 0.5) is 11.8 Å². The van der Waals surface area contributed by atoms with Crippen LogP contribution in [0.3, 0.4) is 0 Å². The first-order chi connectivity index (χ1) is 14.0. The second kappa shape index (κ2) is 9.76. The van der Waals surface area contributed by atoms with Gasteiger partial charge in [-0.3, -0.25) is 0 Å². The van der Waals surface area contributed by atoms with Crippen molar-refractivity contribution in [1.82, 2.24) is 14.9 Å². The summed E-state index contributed by atoms with van der Waals surface area (Å²) in [6, 6.07) is 7.56. The van der Waals surface area contributed by atoms with Gasteiger partial charge in [-0.25, -0.2) is 4.98 Å². The van der Waals surface area contributed by atoms with Gasteiger partial charge in [0.15, 0.2) is 5.88 Å². The zero-order valence-electron chi connectivity index (χ0n) is 16.6. The summed E-state index contributed by atoms with van der Waals surface area (Å²) in [5.41, 5.74) is 8.50. The molecular weight excluding hydrogens is 410 g/mol. The molecule has 3 rings (SSSR count). The maximum atomic E-state index is 6.23. The van der Waals surface area contributed by atoms with E-state index in [1.807, 2.05) is 61.5 Å². The number of nitrogens with two attached hydrogens (primary N) is 1. The fourth-order valence-electron chi connectivity index (χ4n) is 2.89. The SMILES string of the molecule is CSOC1=CC=C(OCCNc2cc(-c3cccc(Cl)c3C)nc(N)n2)N(C)C1. The summed E-state index contributed by atoms with van der Waals surface area (Å²) in [6.07, 6.45) is 5.71. The summed E-state index contributed by atoms with van der Waals surface area (Å²) >= 11 is 7.56. The molecule has 0 saturated heterocycles. The smallest absolute Gasteiger partial charge is 0.222 e. The number of hydrogen-bond acceptors (Lipinski definition) is 8. The number of nitrogens with one attached hydrogen (secondary N) is 1. The molecule has 0 spiro atoms. The fourth-order valence-corrected chi connectivity index (χ4v) is 3.39. The lowest BCUT2D eigenvalue weighted by Gasteiger charge is -2.26. The quantitative estimate of drug-likeness (QED) is 0.475. The number of rotatable bonds is 8. The van der Waals surface area contributed by atoms with Gasteiger partial charge in [0, 0.05) is 36.0 Å². The Hall–Kier alpha value is -2.58. The summed E-state index contributed by atoms with van der Waals surface area (Å²) in [5, 5.41) is 3.92. The number of halogens is 1. The van der Waals surface area contributed by atoms with Gasteiger partial charge in [0.25, 0.3) is 0 Å². The van der Waals surface area contributed by atoms with Gasteiger partial charge in [-0.1, -0.05) is 23.7 Å². The van der Waals surface area contributed by atoms with E-state index in [2.05, 4.69) is 15.3 Å². The fraction of sp³-hybridized carbons (Fsp3) is 0.300. The van der Waals surface area contributed by atoms with Gasteiger partial charge < -0.3 is 24.9 Å². The van der Waals surface area contributed by atoms with Gasteiger partial charge in [0.05, 0.1) is 30.8 Å². The van der Waals surface area contributed by atoms with Crippen LogP contribution in [-0.4, -0.2) is 47.9 Å². The first-order valence-electron chi connectivity index (χ1n) is 9.07. The van der Waals surface area contributed by atoms with Crippen molar-refractivity contribution in [3.05, 3.63) is 58.6 Å². The van der Waals surface area contributed by atoms with Crippen LogP contribution < -0.4 is 11.1 Å². The summed E-state index contributed by atoms with van der Waals surface area (Å²) < 4.78 is 11.3. The molecule has 0 saturated carbocycles. The van der Waals surface area contributed by atoms with Crippen molar-refractivity contribution in [2.75, 3.05) is 44.1 Å². The number of hydrogen-bond donors (Lipinski definition) is 2. The molecule has 0 radical (unpaired) electrons. The molecule has 0 fully saturated rings. The predicted molar refractivity (Wildman–Crippen MR) is 119 cm³/mol.